The van der Waals surface area contributed by atoms with Gasteiger partial charge in [-0.3, -0.25) is 19.4 Å². The molecular formula is C22H29ClN6O4. The zero-order valence-electron chi connectivity index (χ0n) is 18.9. The third kappa shape index (κ3) is 5.88. The first kappa shape index (κ1) is 24.7. The van der Waals surface area contributed by atoms with Crippen molar-refractivity contribution in [2.75, 3.05) is 19.0 Å². The Labute approximate surface area is 197 Å². The van der Waals surface area contributed by atoms with Crippen molar-refractivity contribution in [1.29, 1.82) is 0 Å². The molecule has 0 aliphatic heterocycles. The summed E-state index contributed by atoms with van der Waals surface area (Å²) in [6.07, 6.45) is 7.01. The molecule has 0 unspecified atom stereocenters. The van der Waals surface area contributed by atoms with Crippen LogP contribution < -0.4 is 16.4 Å². The van der Waals surface area contributed by atoms with Crippen molar-refractivity contribution >= 4 is 35.0 Å². The van der Waals surface area contributed by atoms with Crippen LogP contribution in [0.4, 0.5) is 5.69 Å². The summed E-state index contributed by atoms with van der Waals surface area (Å²) in [6, 6.07) is 1.52. The number of halogens is 1. The quantitative estimate of drug-likeness (QED) is 0.534. The first-order chi connectivity index (χ1) is 15.6. The Kier molecular flexibility index (Phi) is 7.70. The molecule has 178 valence electrons. The number of nitrogens with two attached hydrogens (primary N) is 1. The number of aromatic nitrogens is 3. The minimum absolute atomic E-state index is 0.0134. The minimum Gasteiger partial charge on any atom is -0.377 e. The summed E-state index contributed by atoms with van der Waals surface area (Å²) < 4.78 is 6.96. The van der Waals surface area contributed by atoms with Gasteiger partial charge in [-0.15, -0.1) is 0 Å². The van der Waals surface area contributed by atoms with E-state index in [9.17, 15) is 14.4 Å². The van der Waals surface area contributed by atoms with Crippen LogP contribution in [0.3, 0.4) is 0 Å². The third-order valence-electron chi connectivity index (χ3n) is 5.96. The average molecular weight is 477 g/mol. The van der Waals surface area contributed by atoms with Crippen LogP contribution in [-0.4, -0.2) is 51.5 Å². The summed E-state index contributed by atoms with van der Waals surface area (Å²) in [5, 5.41) is 5.99. The number of ether oxygens (including phenoxy) is 1. The number of methoxy groups -OCH3 is 1. The summed E-state index contributed by atoms with van der Waals surface area (Å²) in [4.78, 5) is 45.6. The van der Waals surface area contributed by atoms with Crippen molar-refractivity contribution < 1.29 is 19.1 Å². The van der Waals surface area contributed by atoms with Crippen molar-refractivity contribution in [3.05, 3.63) is 41.2 Å². The first-order valence-corrected chi connectivity index (χ1v) is 11.1. The maximum Gasteiger partial charge on any atom is 0.272 e. The predicted molar refractivity (Wildman–Crippen MR) is 123 cm³/mol. The summed E-state index contributed by atoms with van der Waals surface area (Å²) in [6.45, 7) is 3.91. The molecule has 1 aliphatic carbocycles. The molecule has 4 N–H and O–H groups in total. The lowest BCUT2D eigenvalue weighted by atomic mass is 9.85. The number of carbonyl (C=O) groups is 3. The number of amides is 3. The van der Waals surface area contributed by atoms with Gasteiger partial charge in [0, 0.05) is 31.8 Å². The van der Waals surface area contributed by atoms with E-state index in [4.69, 9.17) is 22.1 Å². The highest BCUT2D eigenvalue weighted by atomic mass is 35.5. The fourth-order valence-electron chi connectivity index (χ4n) is 3.82. The van der Waals surface area contributed by atoms with Crippen LogP contribution in [0.1, 0.15) is 66.5 Å². The summed E-state index contributed by atoms with van der Waals surface area (Å²) in [7, 11) is 1.55. The van der Waals surface area contributed by atoms with Crippen LogP contribution in [0.5, 0.6) is 0 Å². The highest BCUT2D eigenvalue weighted by Crippen LogP contribution is 2.34. The molecule has 0 atom stereocenters. The highest BCUT2D eigenvalue weighted by Gasteiger charge is 2.32. The van der Waals surface area contributed by atoms with Gasteiger partial charge < -0.3 is 25.7 Å². The van der Waals surface area contributed by atoms with E-state index in [-0.39, 0.29) is 35.8 Å². The van der Waals surface area contributed by atoms with Gasteiger partial charge >= 0.3 is 0 Å². The number of nitrogens with one attached hydrogen (secondary N) is 2. The second-order valence-electron chi connectivity index (χ2n) is 8.71. The molecule has 1 saturated carbocycles. The smallest absolute Gasteiger partial charge is 0.272 e. The van der Waals surface area contributed by atoms with Crippen molar-refractivity contribution in [2.45, 2.75) is 51.2 Å². The van der Waals surface area contributed by atoms with Gasteiger partial charge in [-0.2, -0.15) is 0 Å². The zero-order valence-corrected chi connectivity index (χ0v) is 19.7. The molecular weight excluding hydrogens is 448 g/mol. The van der Waals surface area contributed by atoms with Crippen LogP contribution in [-0.2, 0) is 9.53 Å². The Hall–Kier alpha value is -2.98. The Bertz CT molecular complexity index is 1030. The van der Waals surface area contributed by atoms with Gasteiger partial charge in [0.1, 0.15) is 5.69 Å². The molecule has 3 rings (SSSR count). The number of carbonyl (C=O) groups excluding carboxylic acids is 3. The van der Waals surface area contributed by atoms with Crippen molar-refractivity contribution in [1.82, 2.24) is 19.9 Å². The topological polar surface area (TPSA) is 141 Å². The van der Waals surface area contributed by atoms with Crippen molar-refractivity contribution in [3.63, 3.8) is 0 Å². The van der Waals surface area contributed by atoms with E-state index in [1.807, 2.05) is 13.8 Å². The molecule has 33 heavy (non-hydrogen) atoms. The van der Waals surface area contributed by atoms with Gasteiger partial charge in [-0.1, -0.05) is 11.6 Å². The average Bonchev–Trinajstić information content (AvgIpc) is 3.25. The van der Waals surface area contributed by atoms with Crippen LogP contribution in [0.2, 0.25) is 5.02 Å². The number of anilines is 1. The largest absolute Gasteiger partial charge is 0.377 e. The number of primary amides is 1. The zero-order chi connectivity index (χ0) is 24.2. The third-order valence-corrected chi connectivity index (χ3v) is 6.29. The fourth-order valence-corrected chi connectivity index (χ4v) is 3.97. The second-order valence-corrected chi connectivity index (χ2v) is 9.12. The Morgan fingerprint density at radius 1 is 1.27 bits per heavy atom. The second kappa shape index (κ2) is 10.3. The molecule has 0 bridgehead atoms. The maximum atomic E-state index is 12.7. The lowest BCUT2D eigenvalue weighted by Crippen LogP contribution is -2.40. The molecule has 2 aromatic heterocycles. The highest BCUT2D eigenvalue weighted by molar-refractivity contribution is 6.33. The van der Waals surface area contributed by atoms with Gasteiger partial charge in [-0.25, -0.2) is 4.98 Å². The molecule has 2 aromatic rings. The van der Waals surface area contributed by atoms with Gasteiger partial charge in [0.2, 0.25) is 5.91 Å². The van der Waals surface area contributed by atoms with Crippen molar-refractivity contribution in [2.24, 2.45) is 11.7 Å². The van der Waals surface area contributed by atoms with Crippen LogP contribution in [0, 0.1) is 5.92 Å². The van der Waals surface area contributed by atoms with Crippen LogP contribution in [0.25, 0.3) is 0 Å². The summed E-state index contributed by atoms with van der Waals surface area (Å²) in [5.74, 6) is -1.54. The Morgan fingerprint density at radius 2 is 1.97 bits per heavy atom. The summed E-state index contributed by atoms with van der Waals surface area (Å²) >= 11 is 6.09. The number of hydrogen-bond acceptors (Lipinski definition) is 6. The van der Waals surface area contributed by atoms with E-state index in [0.29, 0.717) is 36.4 Å². The van der Waals surface area contributed by atoms with E-state index in [0.717, 1.165) is 0 Å². The fraction of sp³-hybridized carbons (Fsp3) is 0.500. The number of nitrogens with zero attached hydrogens (tertiary/aromatic N) is 3. The summed E-state index contributed by atoms with van der Waals surface area (Å²) in [5.41, 5.74) is 5.57. The van der Waals surface area contributed by atoms with Gasteiger partial charge in [-0.05, 0) is 45.6 Å². The standard InChI is InChI=1S/C22H29ClN6O4/c1-22(2,33-3)11-26-21(32)17-18(19(24)30)29(12-27-17)14-6-4-13(5-7-14)20(31)28-16-10-25-9-8-15(16)23/h8-10,12-14H,4-7,11H2,1-3H3,(H2,24,30)(H,26,32)(H,28,31)/t13-,14-. The van der Waals surface area contributed by atoms with Crippen LogP contribution >= 0.6 is 11.6 Å². The monoisotopic (exact) mass is 476 g/mol. The number of hydrogen-bond donors (Lipinski definition) is 3. The molecule has 2 heterocycles. The maximum absolute atomic E-state index is 12.7. The van der Waals surface area contributed by atoms with E-state index in [2.05, 4.69) is 20.6 Å². The van der Waals surface area contributed by atoms with Gasteiger partial charge in [0.25, 0.3) is 11.8 Å². The molecule has 1 fully saturated rings. The molecule has 11 heteroatoms. The number of imidazole rings is 1. The lowest BCUT2D eigenvalue weighted by molar-refractivity contribution is -0.121. The van der Waals surface area contributed by atoms with Crippen LogP contribution in [0.15, 0.2) is 24.8 Å². The molecule has 0 saturated heterocycles. The molecule has 0 spiro atoms. The van der Waals surface area contributed by atoms with Crippen molar-refractivity contribution in [3.8, 4) is 0 Å². The van der Waals surface area contributed by atoms with Gasteiger partial charge in [0.15, 0.2) is 5.69 Å². The van der Waals surface area contributed by atoms with E-state index >= 15 is 0 Å². The van der Waals surface area contributed by atoms with E-state index < -0.39 is 17.4 Å². The van der Waals surface area contributed by atoms with E-state index in [1.165, 1.54) is 12.5 Å². The molecule has 10 nitrogen and oxygen atoms in total. The van der Waals surface area contributed by atoms with Gasteiger partial charge in [0.05, 0.1) is 28.8 Å². The number of rotatable bonds is 8. The first-order valence-electron chi connectivity index (χ1n) is 10.7. The Balaban J connectivity index is 1.66. The molecule has 0 radical (unpaired) electrons. The molecule has 0 aromatic carbocycles. The predicted octanol–water partition coefficient (Wildman–Crippen LogP) is 2.56. The molecule has 1 aliphatic rings. The Morgan fingerprint density at radius 3 is 2.58 bits per heavy atom. The molecule has 3 amide bonds. The van der Waals surface area contributed by atoms with E-state index in [1.54, 1.807) is 23.9 Å². The normalized spacial score (nSPS) is 18.5. The minimum atomic E-state index is -0.727. The number of pyridine rings is 1. The SMILES string of the molecule is COC(C)(C)CNC(=O)c1ncn([C@H]2CC[C@H](C(=O)Nc3cnccc3Cl)CC2)c1C(N)=O. The lowest BCUT2D eigenvalue weighted by Gasteiger charge is -2.29.